The van der Waals surface area contributed by atoms with Crippen molar-refractivity contribution in [2.45, 2.75) is 46.4 Å². The van der Waals surface area contributed by atoms with E-state index in [1.54, 1.807) is 17.3 Å². The van der Waals surface area contributed by atoms with Gasteiger partial charge in [-0.1, -0.05) is 17.7 Å². The van der Waals surface area contributed by atoms with Gasteiger partial charge in [-0.3, -0.25) is 9.88 Å². The standard InChI is InChI=1S/C22H28ClN3O3/c1-15(2)28-21-10-18(5-6-20(21)23)14-25-7-8-26(17(4)13-25)22(27)29-19-9-16(3)11-24-12-19/h5-6,9-12,15,17H,7-8,13-14H2,1-4H3/t17-/m0/s1. The highest BCUT2D eigenvalue weighted by Crippen LogP contribution is 2.27. The Morgan fingerprint density at radius 3 is 2.76 bits per heavy atom. The lowest BCUT2D eigenvalue weighted by Gasteiger charge is -2.39. The Hall–Kier alpha value is -2.31. The van der Waals surface area contributed by atoms with E-state index in [1.807, 2.05) is 52.0 Å². The molecule has 6 nitrogen and oxygen atoms in total. The normalized spacial score (nSPS) is 17.4. The van der Waals surface area contributed by atoms with Crippen LogP contribution < -0.4 is 9.47 Å². The number of rotatable bonds is 5. The molecular formula is C22H28ClN3O3. The average molecular weight is 418 g/mol. The number of ether oxygens (including phenoxy) is 2. The van der Waals surface area contributed by atoms with Gasteiger partial charge >= 0.3 is 6.09 Å². The first kappa shape index (κ1) is 21.4. The molecule has 1 aromatic carbocycles. The molecule has 1 amide bonds. The third kappa shape index (κ3) is 5.84. The van der Waals surface area contributed by atoms with Gasteiger partial charge in [0, 0.05) is 38.4 Å². The Morgan fingerprint density at radius 2 is 2.07 bits per heavy atom. The first-order chi connectivity index (χ1) is 13.8. The molecule has 3 rings (SSSR count). The van der Waals surface area contributed by atoms with E-state index in [-0.39, 0.29) is 18.2 Å². The van der Waals surface area contributed by atoms with Crippen molar-refractivity contribution in [1.29, 1.82) is 0 Å². The molecule has 0 saturated carbocycles. The van der Waals surface area contributed by atoms with E-state index in [0.29, 0.717) is 23.1 Å². The average Bonchev–Trinajstić information content (AvgIpc) is 2.64. The Kier molecular flexibility index (Phi) is 6.98. The summed E-state index contributed by atoms with van der Waals surface area (Å²) < 4.78 is 11.3. The zero-order valence-corrected chi connectivity index (χ0v) is 18.1. The molecule has 2 heterocycles. The predicted molar refractivity (Wildman–Crippen MR) is 114 cm³/mol. The first-order valence-electron chi connectivity index (χ1n) is 9.89. The summed E-state index contributed by atoms with van der Waals surface area (Å²) in [6.45, 7) is 10.9. The Labute approximate surface area is 177 Å². The summed E-state index contributed by atoms with van der Waals surface area (Å²) >= 11 is 6.24. The molecule has 1 atom stereocenters. The van der Waals surface area contributed by atoms with Gasteiger partial charge < -0.3 is 14.4 Å². The fourth-order valence-electron chi connectivity index (χ4n) is 3.44. The third-order valence-corrected chi connectivity index (χ3v) is 5.08. The SMILES string of the molecule is Cc1cncc(OC(=O)N2CCN(Cc3ccc(Cl)c(OC(C)C)c3)C[C@@H]2C)c1. The minimum Gasteiger partial charge on any atom is -0.489 e. The number of aryl methyl sites for hydroxylation is 1. The quantitative estimate of drug-likeness (QED) is 0.715. The van der Waals surface area contributed by atoms with Crippen LogP contribution >= 0.6 is 11.6 Å². The van der Waals surface area contributed by atoms with Crippen molar-refractivity contribution >= 4 is 17.7 Å². The molecule has 0 unspecified atom stereocenters. The summed E-state index contributed by atoms with van der Waals surface area (Å²) in [6, 6.07) is 7.75. The number of carbonyl (C=O) groups excluding carboxylic acids is 1. The van der Waals surface area contributed by atoms with Gasteiger partial charge in [0.25, 0.3) is 0 Å². The molecule has 156 valence electrons. The monoisotopic (exact) mass is 417 g/mol. The molecule has 0 N–H and O–H groups in total. The van der Waals surface area contributed by atoms with Crippen LogP contribution in [0.2, 0.25) is 5.02 Å². The van der Waals surface area contributed by atoms with E-state index >= 15 is 0 Å². The number of benzene rings is 1. The van der Waals surface area contributed by atoms with Crippen LogP contribution in [0.15, 0.2) is 36.7 Å². The van der Waals surface area contributed by atoms with E-state index in [0.717, 1.165) is 30.8 Å². The van der Waals surface area contributed by atoms with Crippen LogP contribution in [0, 0.1) is 6.92 Å². The molecule has 1 fully saturated rings. The van der Waals surface area contributed by atoms with Crippen molar-refractivity contribution in [3.05, 3.63) is 52.8 Å². The van der Waals surface area contributed by atoms with Gasteiger partial charge in [0.15, 0.2) is 5.75 Å². The molecule has 0 bridgehead atoms. The van der Waals surface area contributed by atoms with Crippen LogP contribution in [-0.4, -0.2) is 52.7 Å². The van der Waals surface area contributed by atoms with E-state index in [2.05, 4.69) is 9.88 Å². The summed E-state index contributed by atoms with van der Waals surface area (Å²) in [5.41, 5.74) is 2.09. The van der Waals surface area contributed by atoms with Crippen LogP contribution in [0.1, 0.15) is 31.9 Å². The molecule has 0 radical (unpaired) electrons. The number of halogens is 1. The van der Waals surface area contributed by atoms with E-state index < -0.39 is 0 Å². The second kappa shape index (κ2) is 9.46. The lowest BCUT2D eigenvalue weighted by Crippen LogP contribution is -2.54. The number of carbonyl (C=O) groups is 1. The molecule has 1 aliphatic rings. The first-order valence-corrected chi connectivity index (χ1v) is 10.3. The van der Waals surface area contributed by atoms with E-state index in [9.17, 15) is 4.79 Å². The summed E-state index contributed by atoms with van der Waals surface area (Å²) in [4.78, 5) is 20.7. The highest BCUT2D eigenvalue weighted by molar-refractivity contribution is 6.32. The summed E-state index contributed by atoms with van der Waals surface area (Å²) in [5, 5.41) is 0.619. The number of hydrogen-bond donors (Lipinski definition) is 0. The van der Waals surface area contributed by atoms with E-state index in [1.165, 1.54) is 0 Å². The molecule has 1 aromatic heterocycles. The van der Waals surface area contributed by atoms with Crippen LogP contribution in [0.4, 0.5) is 4.79 Å². The highest BCUT2D eigenvalue weighted by atomic mass is 35.5. The topological polar surface area (TPSA) is 54.9 Å². The Bertz CT molecular complexity index is 859. The molecular weight excluding hydrogens is 390 g/mol. The van der Waals surface area contributed by atoms with Gasteiger partial charge in [0.2, 0.25) is 0 Å². The van der Waals surface area contributed by atoms with Crippen molar-refractivity contribution in [1.82, 2.24) is 14.8 Å². The van der Waals surface area contributed by atoms with Crippen LogP contribution in [0.3, 0.4) is 0 Å². The summed E-state index contributed by atoms with van der Waals surface area (Å²) in [7, 11) is 0. The molecule has 1 saturated heterocycles. The van der Waals surface area contributed by atoms with Crippen molar-refractivity contribution in [2.75, 3.05) is 19.6 Å². The van der Waals surface area contributed by atoms with Crippen molar-refractivity contribution in [3.8, 4) is 11.5 Å². The number of hydrogen-bond acceptors (Lipinski definition) is 5. The molecule has 0 aliphatic carbocycles. The highest BCUT2D eigenvalue weighted by Gasteiger charge is 2.29. The second-order valence-electron chi connectivity index (χ2n) is 7.77. The smallest absolute Gasteiger partial charge is 0.415 e. The van der Waals surface area contributed by atoms with Crippen molar-refractivity contribution < 1.29 is 14.3 Å². The minimum atomic E-state index is -0.330. The Balaban J connectivity index is 1.58. The molecule has 7 heteroatoms. The number of amides is 1. The number of pyridine rings is 1. The molecule has 2 aromatic rings. The fraction of sp³-hybridized carbons (Fsp3) is 0.455. The van der Waals surface area contributed by atoms with Crippen LogP contribution in [0.25, 0.3) is 0 Å². The van der Waals surface area contributed by atoms with Gasteiger partial charge in [0.05, 0.1) is 17.3 Å². The molecule has 0 spiro atoms. The molecule has 1 aliphatic heterocycles. The fourth-order valence-corrected chi connectivity index (χ4v) is 3.60. The van der Waals surface area contributed by atoms with Crippen molar-refractivity contribution in [3.63, 3.8) is 0 Å². The van der Waals surface area contributed by atoms with Gasteiger partial charge in [-0.25, -0.2) is 4.79 Å². The largest absolute Gasteiger partial charge is 0.489 e. The molecule has 29 heavy (non-hydrogen) atoms. The Morgan fingerprint density at radius 1 is 1.28 bits per heavy atom. The maximum absolute atomic E-state index is 12.6. The zero-order chi connectivity index (χ0) is 21.0. The van der Waals surface area contributed by atoms with Gasteiger partial charge in [-0.15, -0.1) is 0 Å². The van der Waals surface area contributed by atoms with Gasteiger partial charge in [-0.2, -0.15) is 0 Å². The van der Waals surface area contributed by atoms with E-state index in [4.69, 9.17) is 21.1 Å². The van der Waals surface area contributed by atoms with Crippen molar-refractivity contribution in [2.24, 2.45) is 0 Å². The second-order valence-corrected chi connectivity index (χ2v) is 8.18. The van der Waals surface area contributed by atoms with Gasteiger partial charge in [-0.05, 0) is 57.0 Å². The number of nitrogens with zero attached hydrogens (tertiary/aromatic N) is 3. The van der Waals surface area contributed by atoms with Gasteiger partial charge in [0.1, 0.15) is 5.75 Å². The number of piperazine rings is 1. The lowest BCUT2D eigenvalue weighted by atomic mass is 10.1. The minimum absolute atomic E-state index is 0.0488. The maximum atomic E-state index is 12.6. The maximum Gasteiger partial charge on any atom is 0.415 e. The number of aromatic nitrogens is 1. The zero-order valence-electron chi connectivity index (χ0n) is 17.4. The third-order valence-electron chi connectivity index (χ3n) is 4.77. The predicted octanol–water partition coefficient (Wildman–Crippen LogP) is 4.54. The lowest BCUT2D eigenvalue weighted by molar-refractivity contribution is 0.0751. The summed E-state index contributed by atoms with van der Waals surface area (Å²) in [6.07, 6.45) is 3.03. The summed E-state index contributed by atoms with van der Waals surface area (Å²) in [5.74, 6) is 1.18. The van der Waals surface area contributed by atoms with Crippen LogP contribution in [-0.2, 0) is 6.54 Å². The van der Waals surface area contributed by atoms with Crippen LogP contribution in [0.5, 0.6) is 11.5 Å².